The van der Waals surface area contributed by atoms with Crippen molar-refractivity contribution in [2.75, 3.05) is 11.1 Å². The molecular weight excluding hydrogens is 328 g/mol. The molecule has 0 fully saturated rings. The zero-order valence-electron chi connectivity index (χ0n) is 12.3. The number of para-hydroxylation sites is 1. The third-order valence-corrected chi connectivity index (χ3v) is 4.12. The van der Waals surface area contributed by atoms with Gasteiger partial charge in [-0.1, -0.05) is 29.5 Å². The lowest BCUT2D eigenvalue weighted by atomic mass is 10.1. The molecule has 1 aromatic heterocycles. The minimum Gasteiger partial charge on any atom is -0.375 e. The van der Waals surface area contributed by atoms with Gasteiger partial charge in [0.2, 0.25) is 0 Å². The number of nitrogens with one attached hydrogen (secondary N) is 1. The number of aromatic nitrogens is 1. The Kier molecular flexibility index (Phi) is 4.21. The summed E-state index contributed by atoms with van der Waals surface area (Å²) in [5.74, 6) is -0.330. The Morgan fingerprint density at radius 1 is 1.12 bits per heavy atom. The largest absolute Gasteiger partial charge is 0.375 e. The number of nitrogen functional groups attached to an aromatic ring is 1. The van der Waals surface area contributed by atoms with E-state index in [9.17, 15) is 14.9 Å². The normalized spacial score (nSPS) is 10.3. The van der Waals surface area contributed by atoms with Crippen molar-refractivity contribution in [1.29, 1.82) is 0 Å². The van der Waals surface area contributed by atoms with Crippen molar-refractivity contribution < 1.29 is 9.72 Å². The van der Waals surface area contributed by atoms with Crippen LogP contribution in [0.3, 0.4) is 0 Å². The highest BCUT2D eigenvalue weighted by Crippen LogP contribution is 2.31. The highest BCUT2D eigenvalue weighted by Gasteiger charge is 2.19. The lowest BCUT2D eigenvalue weighted by Crippen LogP contribution is -2.11. The van der Waals surface area contributed by atoms with E-state index in [0.29, 0.717) is 21.8 Å². The summed E-state index contributed by atoms with van der Waals surface area (Å²) in [5, 5.41) is 13.8. The topological polar surface area (TPSA) is 111 Å². The van der Waals surface area contributed by atoms with Gasteiger partial charge in [0.15, 0.2) is 5.13 Å². The van der Waals surface area contributed by atoms with E-state index in [1.54, 1.807) is 24.3 Å². The number of hydrogen-bond acceptors (Lipinski definition) is 6. The first-order chi connectivity index (χ1) is 11.5. The average Bonchev–Trinajstić information content (AvgIpc) is 2.98. The van der Waals surface area contributed by atoms with Crippen molar-refractivity contribution in [2.45, 2.75) is 0 Å². The molecule has 0 aliphatic heterocycles. The van der Waals surface area contributed by atoms with E-state index >= 15 is 0 Å². The van der Waals surface area contributed by atoms with Crippen LogP contribution in [0.15, 0.2) is 54.6 Å². The lowest BCUT2D eigenvalue weighted by Gasteiger charge is -2.05. The molecule has 0 aliphatic carbocycles. The molecule has 1 heterocycles. The predicted molar refractivity (Wildman–Crippen MR) is 93.0 cm³/mol. The molecule has 0 unspecified atom stereocenters. The zero-order chi connectivity index (χ0) is 17.1. The van der Waals surface area contributed by atoms with Gasteiger partial charge in [-0.05, 0) is 24.3 Å². The molecule has 120 valence electrons. The molecule has 8 heteroatoms. The Balaban J connectivity index is 1.92. The van der Waals surface area contributed by atoms with Crippen LogP contribution in [0.2, 0.25) is 0 Å². The van der Waals surface area contributed by atoms with E-state index in [1.165, 1.54) is 12.1 Å². The van der Waals surface area contributed by atoms with E-state index in [4.69, 9.17) is 5.73 Å². The van der Waals surface area contributed by atoms with E-state index < -0.39 is 4.92 Å². The maximum Gasteiger partial charge on any atom is 0.269 e. The Bertz CT molecular complexity index is 891. The number of nitrogens with two attached hydrogens (primary N) is 1. The quantitative estimate of drug-likeness (QED) is 0.557. The molecule has 0 saturated heterocycles. The van der Waals surface area contributed by atoms with E-state index in [2.05, 4.69) is 10.3 Å². The number of nitro benzene ring substituents is 1. The minimum absolute atomic E-state index is 0.0303. The third kappa shape index (κ3) is 3.23. The smallest absolute Gasteiger partial charge is 0.269 e. The number of thiazole rings is 1. The molecule has 24 heavy (non-hydrogen) atoms. The van der Waals surface area contributed by atoms with Crippen LogP contribution in [-0.2, 0) is 0 Å². The molecule has 3 rings (SSSR count). The number of nitrogens with zero attached hydrogens (tertiary/aromatic N) is 2. The molecule has 0 bridgehead atoms. The second kappa shape index (κ2) is 6.47. The summed E-state index contributed by atoms with van der Waals surface area (Å²) < 4.78 is 0. The summed E-state index contributed by atoms with van der Waals surface area (Å²) in [7, 11) is 0. The number of rotatable bonds is 4. The van der Waals surface area contributed by atoms with Crippen molar-refractivity contribution >= 4 is 33.8 Å². The van der Waals surface area contributed by atoms with Crippen molar-refractivity contribution in [3.05, 3.63) is 69.6 Å². The standard InChI is InChI=1S/C16H12N4O3S/c17-16-19-13(10-6-8-12(9-7-10)20(22)23)14(24-16)15(21)18-11-4-2-1-3-5-11/h1-9H,(H2,17,19)(H,18,21). The first kappa shape index (κ1) is 15.6. The second-order valence-corrected chi connectivity index (χ2v) is 5.88. The molecule has 7 nitrogen and oxygen atoms in total. The SMILES string of the molecule is Nc1nc(-c2ccc([N+](=O)[O-])cc2)c(C(=O)Nc2ccccc2)s1. The maximum absolute atomic E-state index is 12.5. The predicted octanol–water partition coefficient (Wildman–Crippen LogP) is 3.55. The molecule has 0 saturated carbocycles. The van der Waals surface area contributed by atoms with Crippen LogP contribution in [0.1, 0.15) is 9.67 Å². The molecule has 1 amide bonds. The van der Waals surface area contributed by atoms with Gasteiger partial charge in [0.25, 0.3) is 11.6 Å². The number of anilines is 2. The first-order valence-corrected chi connectivity index (χ1v) is 7.74. The fourth-order valence-electron chi connectivity index (χ4n) is 2.14. The summed E-state index contributed by atoms with van der Waals surface area (Å²) in [6, 6.07) is 14.8. The molecule has 3 aromatic rings. The van der Waals surface area contributed by atoms with Crippen molar-refractivity contribution in [1.82, 2.24) is 4.98 Å². The fraction of sp³-hybridized carbons (Fsp3) is 0. The number of amides is 1. The van der Waals surface area contributed by atoms with Crippen LogP contribution in [0.4, 0.5) is 16.5 Å². The minimum atomic E-state index is -0.484. The first-order valence-electron chi connectivity index (χ1n) is 6.92. The number of hydrogen-bond donors (Lipinski definition) is 2. The van der Waals surface area contributed by atoms with E-state index in [0.717, 1.165) is 11.3 Å². The third-order valence-electron chi connectivity index (χ3n) is 3.23. The summed E-state index contributed by atoms with van der Waals surface area (Å²) in [6.07, 6.45) is 0. The Labute approximate surface area is 140 Å². The highest BCUT2D eigenvalue weighted by molar-refractivity contribution is 7.17. The molecule has 0 spiro atoms. The summed E-state index contributed by atoms with van der Waals surface area (Å²) in [4.78, 5) is 27.3. The summed E-state index contributed by atoms with van der Waals surface area (Å²) in [5.41, 5.74) is 7.36. The number of nitro groups is 1. The second-order valence-electron chi connectivity index (χ2n) is 4.85. The number of carbonyl (C=O) groups is 1. The molecule has 0 radical (unpaired) electrons. The van der Waals surface area contributed by atoms with Gasteiger partial charge in [-0.25, -0.2) is 4.98 Å². The maximum atomic E-state index is 12.5. The van der Waals surface area contributed by atoms with Crippen LogP contribution in [0.25, 0.3) is 11.3 Å². The molecule has 0 atom stereocenters. The monoisotopic (exact) mass is 340 g/mol. The van der Waals surface area contributed by atoms with Crippen LogP contribution >= 0.6 is 11.3 Å². The van der Waals surface area contributed by atoms with Gasteiger partial charge in [-0.3, -0.25) is 14.9 Å². The molecule has 2 aromatic carbocycles. The van der Waals surface area contributed by atoms with Crippen molar-refractivity contribution in [3.8, 4) is 11.3 Å². The molecular formula is C16H12N4O3S. The fourth-order valence-corrected chi connectivity index (χ4v) is 2.89. The molecule has 3 N–H and O–H groups in total. The van der Waals surface area contributed by atoms with Crippen LogP contribution in [0, 0.1) is 10.1 Å². The Morgan fingerprint density at radius 2 is 1.79 bits per heavy atom. The average molecular weight is 340 g/mol. The van der Waals surface area contributed by atoms with E-state index in [1.807, 2.05) is 18.2 Å². The summed E-state index contributed by atoms with van der Waals surface area (Å²) in [6.45, 7) is 0. The summed E-state index contributed by atoms with van der Waals surface area (Å²) >= 11 is 1.07. The van der Waals surface area contributed by atoms with Crippen LogP contribution < -0.4 is 11.1 Å². The number of benzene rings is 2. The van der Waals surface area contributed by atoms with Crippen molar-refractivity contribution in [2.24, 2.45) is 0 Å². The van der Waals surface area contributed by atoms with Gasteiger partial charge in [0.05, 0.1) is 10.6 Å². The van der Waals surface area contributed by atoms with Gasteiger partial charge < -0.3 is 11.1 Å². The van der Waals surface area contributed by atoms with Crippen LogP contribution in [-0.4, -0.2) is 15.8 Å². The van der Waals surface area contributed by atoms with Gasteiger partial charge in [-0.15, -0.1) is 0 Å². The van der Waals surface area contributed by atoms with Gasteiger partial charge in [0, 0.05) is 23.4 Å². The van der Waals surface area contributed by atoms with Gasteiger partial charge >= 0.3 is 0 Å². The van der Waals surface area contributed by atoms with Gasteiger partial charge in [-0.2, -0.15) is 0 Å². The van der Waals surface area contributed by atoms with Crippen LogP contribution in [0.5, 0.6) is 0 Å². The van der Waals surface area contributed by atoms with Gasteiger partial charge in [0.1, 0.15) is 4.88 Å². The van der Waals surface area contributed by atoms with E-state index in [-0.39, 0.29) is 16.7 Å². The lowest BCUT2D eigenvalue weighted by molar-refractivity contribution is -0.384. The molecule has 0 aliphatic rings. The Morgan fingerprint density at radius 3 is 2.42 bits per heavy atom. The van der Waals surface area contributed by atoms with Crippen molar-refractivity contribution in [3.63, 3.8) is 0 Å². The Hall–Kier alpha value is -3.26. The highest BCUT2D eigenvalue weighted by atomic mass is 32.1. The zero-order valence-corrected chi connectivity index (χ0v) is 13.1. The number of non-ortho nitro benzene ring substituents is 1. The number of carbonyl (C=O) groups excluding carboxylic acids is 1.